The van der Waals surface area contributed by atoms with Gasteiger partial charge >= 0.3 is 0 Å². The van der Waals surface area contributed by atoms with Gasteiger partial charge in [-0.05, 0) is 25.7 Å². The smallest absolute Gasteiger partial charge is 0.239 e. The Morgan fingerprint density at radius 1 is 1.28 bits per heavy atom. The molecule has 0 aliphatic carbocycles. The molecule has 2 N–H and O–H groups in total. The van der Waals surface area contributed by atoms with Gasteiger partial charge < -0.3 is 15.4 Å². The van der Waals surface area contributed by atoms with E-state index in [9.17, 15) is 9.59 Å². The molecule has 2 amide bonds. The molecule has 1 unspecified atom stereocenters. The van der Waals surface area contributed by atoms with E-state index in [4.69, 9.17) is 4.74 Å². The zero-order chi connectivity index (χ0) is 13.4. The lowest BCUT2D eigenvalue weighted by molar-refractivity contribution is -0.128. The zero-order valence-electron chi connectivity index (χ0n) is 11.3. The lowest BCUT2D eigenvalue weighted by atomic mass is 10.0. The molecule has 1 aliphatic rings. The van der Waals surface area contributed by atoms with Crippen molar-refractivity contribution < 1.29 is 14.3 Å². The molecular weight excluding hydrogens is 232 g/mol. The molecule has 1 fully saturated rings. The van der Waals surface area contributed by atoms with Crippen LogP contribution in [0.3, 0.4) is 0 Å². The largest absolute Gasteiger partial charge is 0.376 e. The predicted molar refractivity (Wildman–Crippen MR) is 69.1 cm³/mol. The van der Waals surface area contributed by atoms with Crippen LogP contribution in [0.25, 0.3) is 0 Å². The first-order chi connectivity index (χ1) is 8.67. The van der Waals surface area contributed by atoms with Crippen molar-refractivity contribution in [2.75, 3.05) is 19.7 Å². The van der Waals surface area contributed by atoms with E-state index in [0.717, 1.165) is 32.3 Å². The Balaban J connectivity index is 2.13. The fraction of sp³-hybridized carbons (Fsp3) is 0.846. The molecule has 1 atom stereocenters. The van der Waals surface area contributed by atoms with Crippen LogP contribution >= 0.6 is 0 Å². The van der Waals surface area contributed by atoms with E-state index in [0.29, 0.717) is 6.54 Å². The number of carbonyl (C=O) groups excluding carboxylic acids is 2. The number of nitrogens with one attached hydrogen (secondary N) is 2. The Bertz CT molecular complexity index is 271. The first kappa shape index (κ1) is 15.0. The Labute approximate surface area is 109 Å². The summed E-state index contributed by atoms with van der Waals surface area (Å²) in [6.45, 7) is 5.34. The van der Waals surface area contributed by atoms with Gasteiger partial charge in [-0.15, -0.1) is 0 Å². The highest BCUT2D eigenvalue weighted by Crippen LogP contribution is 2.10. The van der Waals surface area contributed by atoms with Gasteiger partial charge in [-0.1, -0.05) is 13.8 Å². The zero-order valence-corrected chi connectivity index (χ0v) is 11.3. The fourth-order valence-electron chi connectivity index (χ4n) is 2.07. The highest BCUT2D eigenvalue weighted by Gasteiger charge is 2.17. The molecule has 5 nitrogen and oxygen atoms in total. The summed E-state index contributed by atoms with van der Waals surface area (Å²) in [6, 6.07) is 0. The van der Waals surface area contributed by atoms with E-state index in [1.165, 1.54) is 0 Å². The molecule has 1 aliphatic heterocycles. The van der Waals surface area contributed by atoms with Gasteiger partial charge in [0.05, 0.1) is 12.6 Å². The molecule has 1 heterocycles. The summed E-state index contributed by atoms with van der Waals surface area (Å²) in [6.07, 6.45) is 3.81. The average molecular weight is 256 g/mol. The molecule has 0 aromatic carbocycles. The third-order valence-corrected chi connectivity index (χ3v) is 3.33. The molecule has 0 bridgehead atoms. The van der Waals surface area contributed by atoms with Crippen molar-refractivity contribution in [3.63, 3.8) is 0 Å². The van der Waals surface area contributed by atoms with Crippen molar-refractivity contribution in [3.05, 3.63) is 0 Å². The van der Waals surface area contributed by atoms with Crippen molar-refractivity contribution in [3.8, 4) is 0 Å². The van der Waals surface area contributed by atoms with E-state index in [2.05, 4.69) is 10.6 Å². The number of hydrogen-bond donors (Lipinski definition) is 2. The van der Waals surface area contributed by atoms with E-state index in [1.54, 1.807) is 0 Å². The number of ether oxygens (including phenoxy) is 1. The molecule has 18 heavy (non-hydrogen) atoms. The predicted octanol–water partition coefficient (Wildman–Crippen LogP) is 0.834. The molecule has 5 heteroatoms. The van der Waals surface area contributed by atoms with Crippen molar-refractivity contribution >= 4 is 11.8 Å². The maximum absolute atomic E-state index is 11.7. The number of hydrogen-bond acceptors (Lipinski definition) is 3. The van der Waals surface area contributed by atoms with Crippen LogP contribution < -0.4 is 10.6 Å². The van der Waals surface area contributed by atoms with Gasteiger partial charge in [-0.3, -0.25) is 9.59 Å². The molecule has 0 aromatic heterocycles. The lowest BCUT2D eigenvalue weighted by Gasteiger charge is -2.14. The normalized spacial score (nSPS) is 18.9. The standard InChI is InChI=1S/C13H24N2O3/c1-3-10(4-2)13(17)15-9-12(16)14-8-11-6-5-7-18-11/h10-11H,3-9H2,1-2H3,(H,14,16)(H,15,17). The molecule has 1 saturated heterocycles. The second-order valence-electron chi connectivity index (χ2n) is 4.67. The Hall–Kier alpha value is -1.10. The maximum Gasteiger partial charge on any atom is 0.239 e. The van der Waals surface area contributed by atoms with Crippen LogP contribution in [0.15, 0.2) is 0 Å². The van der Waals surface area contributed by atoms with Gasteiger partial charge in [0.1, 0.15) is 0 Å². The number of amides is 2. The van der Waals surface area contributed by atoms with Crippen molar-refractivity contribution in [2.45, 2.75) is 45.6 Å². The van der Waals surface area contributed by atoms with E-state index in [-0.39, 0.29) is 30.4 Å². The SMILES string of the molecule is CCC(CC)C(=O)NCC(=O)NCC1CCCO1. The van der Waals surface area contributed by atoms with Gasteiger partial charge in [0, 0.05) is 19.1 Å². The van der Waals surface area contributed by atoms with Crippen molar-refractivity contribution in [2.24, 2.45) is 5.92 Å². The van der Waals surface area contributed by atoms with E-state index in [1.807, 2.05) is 13.8 Å². The Morgan fingerprint density at radius 3 is 2.56 bits per heavy atom. The minimum atomic E-state index is -0.148. The van der Waals surface area contributed by atoms with E-state index < -0.39 is 0 Å². The lowest BCUT2D eigenvalue weighted by Crippen LogP contribution is -2.41. The topological polar surface area (TPSA) is 67.4 Å². The van der Waals surface area contributed by atoms with Gasteiger partial charge in [0.25, 0.3) is 0 Å². The third-order valence-electron chi connectivity index (χ3n) is 3.33. The molecule has 0 radical (unpaired) electrons. The Morgan fingerprint density at radius 2 is 2.00 bits per heavy atom. The van der Waals surface area contributed by atoms with Crippen LogP contribution in [0.2, 0.25) is 0 Å². The molecule has 1 rings (SSSR count). The summed E-state index contributed by atoms with van der Waals surface area (Å²) >= 11 is 0. The summed E-state index contributed by atoms with van der Waals surface area (Å²) in [4.78, 5) is 23.2. The second-order valence-corrected chi connectivity index (χ2v) is 4.67. The van der Waals surface area contributed by atoms with Gasteiger partial charge in [-0.25, -0.2) is 0 Å². The summed E-state index contributed by atoms with van der Waals surface area (Å²) in [5, 5.41) is 5.44. The summed E-state index contributed by atoms with van der Waals surface area (Å²) in [7, 11) is 0. The van der Waals surface area contributed by atoms with Crippen molar-refractivity contribution in [1.29, 1.82) is 0 Å². The van der Waals surface area contributed by atoms with Crippen LogP contribution in [0, 0.1) is 5.92 Å². The van der Waals surface area contributed by atoms with Crippen LogP contribution in [-0.4, -0.2) is 37.6 Å². The number of carbonyl (C=O) groups is 2. The van der Waals surface area contributed by atoms with Crippen LogP contribution in [0.4, 0.5) is 0 Å². The van der Waals surface area contributed by atoms with Gasteiger partial charge in [0.2, 0.25) is 11.8 Å². The number of rotatable bonds is 7. The van der Waals surface area contributed by atoms with E-state index >= 15 is 0 Å². The quantitative estimate of drug-likeness (QED) is 0.709. The monoisotopic (exact) mass is 256 g/mol. The molecule has 0 saturated carbocycles. The maximum atomic E-state index is 11.7. The minimum Gasteiger partial charge on any atom is -0.376 e. The van der Waals surface area contributed by atoms with Crippen LogP contribution in [0.1, 0.15) is 39.5 Å². The summed E-state index contributed by atoms with van der Waals surface area (Å²) in [5.74, 6) is -0.173. The van der Waals surface area contributed by atoms with Gasteiger partial charge in [0.15, 0.2) is 0 Å². The average Bonchev–Trinajstić information content (AvgIpc) is 2.88. The highest BCUT2D eigenvalue weighted by atomic mass is 16.5. The van der Waals surface area contributed by atoms with Crippen molar-refractivity contribution in [1.82, 2.24) is 10.6 Å². The van der Waals surface area contributed by atoms with Crippen LogP contribution in [-0.2, 0) is 14.3 Å². The van der Waals surface area contributed by atoms with Gasteiger partial charge in [-0.2, -0.15) is 0 Å². The summed E-state index contributed by atoms with van der Waals surface area (Å²) in [5.41, 5.74) is 0. The highest BCUT2D eigenvalue weighted by molar-refractivity contribution is 5.85. The molecule has 0 aromatic rings. The molecular formula is C13H24N2O3. The first-order valence-electron chi connectivity index (χ1n) is 6.83. The third kappa shape index (κ3) is 5.04. The molecule has 0 spiro atoms. The first-order valence-corrected chi connectivity index (χ1v) is 6.83. The summed E-state index contributed by atoms with van der Waals surface area (Å²) < 4.78 is 5.40. The molecule has 104 valence electrons. The Kier molecular flexibility index (Phi) is 6.72. The fourth-order valence-corrected chi connectivity index (χ4v) is 2.07. The minimum absolute atomic E-state index is 0.0102. The van der Waals surface area contributed by atoms with Crippen LogP contribution in [0.5, 0.6) is 0 Å². The second kappa shape index (κ2) is 8.08.